The van der Waals surface area contributed by atoms with Gasteiger partial charge in [-0.05, 0) is 50.1 Å². The van der Waals surface area contributed by atoms with E-state index < -0.39 is 10.0 Å². The number of rotatable bonds is 8. The Hall–Kier alpha value is -1.35. The minimum absolute atomic E-state index is 0. The number of nitrogens with one attached hydrogen (secondary N) is 1. The first-order valence-corrected chi connectivity index (χ1v) is 9.65. The highest BCUT2D eigenvalue weighted by atomic mass is 35.5. The average molecular weight is 392 g/mol. The van der Waals surface area contributed by atoms with Crippen LogP contribution in [0.5, 0.6) is 5.75 Å². The molecule has 0 aromatic heterocycles. The highest BCUT2D eigenvalue weighted by Gasteiger charge is 2.25. The Kier molecular flexibility index (Phi) is 8.64. The van der Waals surface area contributed by atoms with Gasteiger partial charge in [-0.2, -0.15) is 0 Å². The van der Waals surface area contributed by atoms with E-state index in [9.17, 15) is 13.2 Å². The molecule has 1 aromatic rings. The number of hydrogen-bond donors (Lipinski definition) is 2. The van der Waals surface area contributed by atoms with Crippen LogP contribution in [0.15, 0.2) is 29.2 Å². The van der Waals surface area contributed by atoms with Crippen LogP contribution >= 0.6 is 12.4 Å². The molecule has 1 atom stereocenters. The van der Waals surface area contributed by atoms with Gasteiger partial charge in [0.25, 0.3) is 0 Å². The molecule has 1 saturated heterocycles. The predicted octanol–water partition coefficient (Wildman–Crippen LogP) is 0.983. The molecule has 142 valence electrons. The van der Waals surface area contributed by atoms with E-state index in [-0.39, 0.29) is 36.2 Å². The molecule has 1 amide bonds. The first-order chi connectivity index (χ1) is 11.5. The number of nitrogens with zero attached hydrogens (tertiary/aromatic N) is 1. The van der Waals surface area contributed by atoms with Crippen LogP contribution in [0.4, 0.5) is 0 Å². The van der Waals surface area contributed by atoms with Gasteiger partial charge in [-0.1, -0.05) is 0 Å². The molecule has 1 fully saturated rings. The zero-order valence-corrected chi connectivity index (χ0v) is 15.9. The summed E-state index contributed by atoms with van der Waals surface area (Å²) < 4.78 is 32.2. The van der Waals surface area contributed by atoms with Gasteiger partial charge in [-0.3, -0.25) is 4.79 Å². The standard InChI is InChI=1S/C16H25N3O4S.ClH/c1-2-23-14-3-5-15(6-4-14)24(21,22)18-9-7-16(20)19-10-8-13(11-17)12-19;/h3-6,13,18H,2,7-12,17H2,1H3;1H. The van der Waals surface area contributed by atoms with Gasteiger partial charge < -0.3 is 15.4 Å². The van der Waals surface area contributed by atoms with E-state index in [1.165, 1.54) is 12.1 Å². The van der Waals surface area contributed by atoms with Gasteiger partial charge in [0.2, 0.25) is 15.9 Å². The molecule has 1 aromatic carbocycles. The Morgan fingerprint density at radius 2 is 2.04 bits per heavy atom. The molecule has 0 radical (unpaired) electrons. The molecule has 0 bridgehead atoms. The number of carbonyl (C=O) groups is 1. The molecule has 0 aliphatic carbocycles. The maximum atomic E-state index is 12.2. The second kappa shape index (κ2) is 9.96. The summed E-state index contributed by atoms with van der Waals surface area (Å²) in [5.74, 6) is 0.935. The summed E-state index contributed by atoms with van der Waals surface area (Å²) in [7, 11) is -3.62. The molecule has 1 unspecified atom stereocenters. The van der Waals surface area contributed by atoms with Crippen LogP contribution in [-0.4, -0.2) is 52.0 Å². The maximum absolute atomic E-state index is 12.2. The lowest BCUT2D eigenvalue weighted by atomic mass is 10.1. The molecule has 0 saturated carbocycles. The third-order valence-corrected chi connectivity index (χ3v) is 5.52. The fourth-order valence-corrected chi connectivity index (χ4v) is 3.70. The van der Waals surface area contributed by atoms with Crippen molar-refractivity contribution in [3.8, 4) is 5.75 Å². The third-order valence-electron chi connectivity index (χ3n) is 4.05. The summed E-state index contributed by atoms with van der Waals surface area (Å²) in [5, 5.41) is 0. The van der Waals surface area contributed by atoms with Crippen molar-refractivity contribution >= 4 is 28.3 Å². The number of hydrogen-bond acceptors (Lipinski definition) is 5. The molecule has 2 rings (SSSR count). The highest BCUT2D eigenvalue weighted by Crippen LogP contribution is 2.17. The van der Waals surface area contributed by atoms with Crippen LogP contribution in [0, 0.1) is 5.92 Å². The van der Waals surface area contributed by atoms with Gasteiger partial charge in [0.15, 0.2) is 0 Å². The van der Waals surface area contributed by atoms with E-state index in [1.807, 2.05) is 6.92 Å². The van der Waals surface area contributed by atoms with Crippen LogP contribution in [0.2, 0.25) is 0 Å². The van der Waals surface area contributed by atoms with Gasteiger partial charge in [0.1, 0.15) is 5.75 Å². The third kappa shape index (κ3) is 6.14. The first kappa shape index (κ1) is 21.7. The van der Waals surface area contributed by atoms with E-state index in [1.54, 1.807) is 17.0 Å². The molecule has 3 N–H and O–H groups in total. The van der Waals surface area contributed by atoms with Crippen LogP contribution < -0.4 is 15.2 Å². The van der Waals surface area contributed by atoms with Crippen molar-refractivity contribution in [2.45, 2.75) is 24.7 Å². The van der Waals surface area contributed by atoms with E-state index >= 15 is 0 Å². The fourth-order valence-electron chi connectivity index (χ4n) is 2.67. The number of nitrogens with two attached hydrogens (primary N) is 1. The number of likely N-dealkylation sites (tertiary alicyclic amines) is 1. The molecule has 9 heteroatoms. The number of sulfonamides is 1. The van der Waals surface area contributed by atoms with Crippen molar-refractivity contribution < 1.29 is 17.9 Å². The number of ether oxygens (including phenoxy) is 1. The summed E-state index contributed by atoms with van der Waals surface area (Å²) >= 11 is 0. The van der Waals surface area contributed by atoms with Crippen LogP contribution in [0.25, 0.3) is 0 Å². The highest BCUT2D eigenvalue weighted by molar-refractivity contribution is 7.89. The Balaban J connectivity index is 0.00000312. The fraction of sp³-hybridized carbons (Fsp3) is 0.562. The Bertz CT molecular complexity index is 652. The lowest BCUT2D eigenvalue weighted by molar-refractivity contribution is -0.130. The van der Waals surface area contributed by atoms with Gasteiger partial charge in [0, 0.05) is 26.1 Å². The zero-order valence-electron chi connectivity index (χ0n) is 14.3. The van der Waals surface area contributed by atoms with Crippen molar-refractivity contribution in [1.29, 1.82) is 0 Å². The average Bonchev–Trinajstić information content (AvgIpc) is 3.04. The number of benzene rings is 1. The molecular weight excluding hydrogens is 366 g/mol. The Morgan fingerprint density at radius 1 is 1.36 bits per heavy atom. The lowest BCUT2D eigenvalue weighted by Gasteiger charge is -2.16. The smallest absolute Gasteiger partial charge is 0.240 e. The SMILES string of the molecule is CCOc1ccc(S(=O)(=O)NCCC(=O)N2CCC(CN)C2)cc1.Cl. The second-order valence-electron chi connectivity index (χ2n) is 5.78. The maximum Gasteiger partial charge on any atom is 0.240 e. The van der Waals surface area contributed by atoms with Crippen LogP contribution in [-0.2, 0) is 14.8 Å². The Labute approximate surface area is 155 Å². The second-order valence-corrected chi connectivity index (χ2v) is 7.55. The first-order valence-electron chi connectivity index (χ1n) is 8.16. The largest absolute Gasteiger partial charge is 0.494 e. The number of halogens is 1. The topological polar surface area (TPSA) is 102 Å². The minimum Gasteiger partial charge on any atom is -0.494 e. The summed E-state index contributed by atoms with van der Waals surface area (Å²) in [4.78, 5) is 14.0. The normalized spacial score (nSPS) is 17.2. The Morgan fingerprint density at radius 3 is 2.60 bits per heavy atom. The van der Waals surface area contributed by atoms with E-state index in [2.05, 4.69) is 4.72 Å². The summed E-state index contributed by atoms with van der Waals surface area (Å²) in [6.45, 7) is 4.41. The molecule has 25 heavy (non-hydrogen) atoms. The van der Waals surface area contributed by atoms with E-state index in [0.717, 1.165) is 6.42 Å². The summed E-state index contributed by atoms with van der Waals surface area (Å²) in [6.07, 6.45) is 1.06. The lowest BCUT2D eigenvalue weighted by Crippen LogP contribution is -2.33. The van der Waals surface area contributed by atoms with Crippen molar-refractivity contribution in [2.24, 2.45) is 11.7 Å². The van der Waals surface area contributed by atoms with Crippen LogP contribution in [0.1, 0.15) is 19.8 Å². The van der Waals surface area contributed by atoms with Gasteiger partial charge in [-0.25, -0.2) is 13.1 Å². The molecule has 1 aliphatic rings. The quantitative estimate of drug-likeness (QED) is 0.687. The zero-order chi connectivity index (χ0) is 17.6. The predicted molar refractivity (Wildman–Crippen MR) is 98.4 cm³/mol. The van der Waals surface area contributed by atoms with E-state index in [0.29, 0.717) is 37.9 Å². The molecule has 1 heterocycles. The summed E-state index contributed by atoms with van der Waals surface area (Å²) in [5.41, 5.74) is 5.61. The monoisotopic (exact) mass is 391 g/mol. The summed E-state index contributed by atoms with van der Waals surface area (Å²) in [6, 6.07) is 6.20. The van der Waals surface area contributed by atoms with Crippen LogP contribution in [0.3, 0.4) is 0 Å². The van der Waals surface area contributed by atoms with Crippen molar-refractivity contribution in [3.05, 3.63) is 24.3 Å². The molecule has 0 spiro atoms. The van der Waals surface area contributed by atoms with Gasteiger partial charge in [-0.15, -0.1) is 12.4 Å². The molecule has 1 aliphatic heterocycles. The number of amides is 1. The number of carbonyl (C=O) groups excluding carboxylic acids is 1. The van der Waals surface area contributed by atoms with Crippen molar-refractivity contribution in [2.75, 3.05) is 32.8 Å². The van der Waals surface area contributed by atoms with Crippen molar-refractivity contribution in [3.63, 3.8) is 0 Å². The van der Waals surface area contributed by atoms with Gasteiger partial charge in [0.05, 0.1) is 11.5 Å². The van der Waals surface area contributed by atoms with Gasteiger partial charge >= 0.3 is 0 Å². The van der Waals surface area contributed by atoms with Crippen molar-refractivity contribution in [1.82, 2.24) is 9.62 Å². The molecular formula is C16H26ClN3O4S. The molecule has 7 nitrogen and oxygen atoms in total. The minimum atomic E-state index is -3.62. The van der Waals surface area contributed by atoms with E-state index in [4.69, 9.17) is 10.5 Å².